The lowest BCUT2D eigenvalue weighted by molar-refractivity contribution is 0.378. The van der Waals surface area contributed by atoms with E-state index in [0.29, 0.717) is 0 Å². The molecule has 3 aromatic carbocycles. The zero-order valence-electron chi connectivity index (χ0n) is 15.9. The Morgan fingerprint density at radius 2 is 1.14 bits per heavy atom. The lowest BCUT2D eigenvalue weighted by Crippen LogP contribution is -2.54. The van der Waals surface area contributed by atoms with Crippen LogP contribution in [0.4, 0.5) is 17.1 Å². The topological polar surface area (TPSA) is 22.1 Å². The number of para-hydroxylation sites is 3. The second-order valence-electron chi connectivity index (χ2n) is 7.27. The van der Waals surface area contributed by atoms with Crippen molar-refractivity contribution in [3.8, 4) is 0 Å². The number of piperazine rings is 1. The van der Waals surface area contributed by atoms with E-state index in [1.807, 2.05) is 0 Å². The average molecular weight is 368 g/mol. The number of hydrogen-bond acceptors (Lipinski definition) is 4. The third-order valence-corrected chi connectivity index (χ3v) is 5.53. The van der Waals surface area contributed by atoms with E-state index < -0.39 is 0 Å². The highest BCUT2D eigenvalue weighted by molar-refractivity contribution is 5.99. The summed E-state index contributed by atoms with van der Waals surface area (Å²) in [5.74, 6) is 1.07. The lowest BCUT2D eigenvalue weighted by Gasteiger charge is -2.42. The van der Waals surface area contributed by atoms with E-state index in [-0.39, 0.29) is 0 Å². The molecule has 2 heterocycles. The Morgan fingerprint density at radius 1 is 0.571 bits per heavy atom. The maximum Gasteiger partial charge on any atom is 0.206 e. The van der Waals surface area contributed by atoms with Crippen LogP contribution in [0.1, 0.15) is 5.56 Å². The van der Waals surface area contributed by atoms with Gasteiger partial charge in [0.1, 0.15) is 0 Å². The Morgan fingerprint density at radius 3 is 1.86 bits per heavy atom. The van der Waals surface area contributed by atoms with Crippen molar-refractivity contribution in [1.82, 2.24) is 4.90 Å². The molecule has 0 spiro atoms. The highest BCUT2D eigenvalue weighted by Crippen LogP contribution is 2.30. The summed E-state index contributed by atoms with van der Waals surface area (Å²) in [6, 6.07) is 29.8. The third kappa shape index (κ3) is 3.22. The van der Waals surface area contributed by atoms with Crippen LogP contribution in [0.15, 0.2) is 89.9 Å². The van der Waals surface area contributed by atoms with Gasteiger partial charge in [-0.15, -0.1) is 0 Å². The molecule has 0 bridgehead atoms. The number of nitrogens with zero attached hydrogens (tertiary/aromatic N) is 4. The molecule has 0 aromatic heterocycles. The van der Waals surface area contributed by atoms with Gasteiger partial charge >= 0.3 is 0 Å². The van der Waals surface area contributed by atoms with Crippen molar-refractivity contribution >= 4 is 23.0 Å². The van der Waals surface area contributed by atoms with Crippen molar-refractivity contribution in [3.05, 3.63) is 90.5 Å². The van der Waals surface area contributed by atoms with E-state index in [1.54, 1.807) is 0 Å². The molecule has 2 aliphatic rings. The van der Waals surface area contributed by atoms with Gasteiger partial charge in [-0.25, -0.2) is 4.99 Å². The molecule has 1 saturated heterocycles. The van der Waals surface area contributed by atoms with Crippen molar-refractivity contribution in [2.45, 2.75) is 6.54 Å². The quantitative estimate of drug-likeness (QED) is 0.664. The maximum absolute atomic E-state index is 5.07. The second kappa shape index (κ2) is 7.39. The summed E-state index contributed by atoms with van der Waals surface area (Å²) in [6.07, 6.45) is 0. The van der Waals surface area contributed by atoms with E-state index in [9.17, 15) is 0 Å². The van der Waals surface area contributed by atoms with Crippen LogP contribution in [0.5, 0.6) is 0 Å². The number of aliphatic imine (C=N–C) groups is 1. The van der Waals surface area contributed by atoms with Gasteiger partial charge in [0, 0.05) is 37.6 Å². The normalized spacial score (nSPS) is 16.6. The van der Waals surface area contributed by atoms with Crippen LogP contribution in [0, 0.1) is 0 Å². The predicted octanol–water partition coefficient (Wildman–Crippen LogP) is 4.52. The van der Waals surface area contributed by atoms with Gasteiger partial charge in [-0.1, -0.05) is 54.6 Å². The average Bonchev–Trinajstić information content (AvgIpc) is 2.79. The van der Waals surface area contributed by atoms with Crippen LogP contribution in [0.3, 0.4) is 0 Å². The molecule has 140 valence electrons. The highest BCUT2D eigenvalue weighted by Gasteiger charge is 2.28. The van der Waals surface area contributed by atoms with Gasteiger partial charge in [-0.2, -0.15) is 0 Å². The minimum atomic E-state index is 0.859. The number of benzene rings is 3. The SMILES string of the molecule is c1ccc(N2CCN(C3=Nc4ccccc4CN3c3ccccc3)CC2)cc1. The number of hydrogen-bond donors (Lipinski definition) is 0. The van der Waals surface area contributed by atoms with Crippen molar-refractivity contribution in [3.63, 3.8) is 0 Å². The lowest BCUT2D eigenvalue weighted by atomic mass is 10.1. The second-order valence-corrected chi connectivity index (χ2v) is 7.27. The largest absolute Gasteiger partial charge is 0.368 e. The third-order valence-electron chi connectivity index (χ3n) is 5.53. The van der Waals surface area contributed by atoms with Crippen LogP contribution in [-0.4, -0.2) is 37.0 Å². The molecule has 28 heavy (non-hydrogen) atoms. The van der Waals surface area contributed by atoms with Crippen LogP contribution < -0.4 is 9.80 Å². The Labute approximate surface area is 166 Å². The van der Waals surface area contributed by atoms with Gasteiger partial charge in [0.25, 0.3) is 0 Å². The van der Waals surface area contributed by atoms with Crippen molar-refractivity contribution in [2.75, 3.05) is 36.0 Å². The molecule has 0 saturated carbocycles. The van der Waals surface area contributed by atoms with E-state index in [0.717, 1.165) is 44.4 Å². The van der Waals surface area contributed by atoms with Gasteiger partial charge in [-0.05, 0) is 35.9 Å². The molecule has 0 unspecified atom stereocenters. The summed E-state index contributed by atoms with van der Waals surface area (Å²) in [6.45, 7) is 4.82. The Balaban J connectivity index is 1.42. The summed E-state index contributed by atoms with van der Waals surface area (Å²) in [7, 11) is 0. The maximum atomic E-state index is 5.07. The van der Waals surface area contributed by atoms with E-state index in [2.05, 4.69) is 99.6 Å². The van der Waals surface area contributed by atoms with Crippen molar-refractivity contribution in [1.29, 1.82) is 0 Å². The zero-order valence-corrected chi connectivity index (χ0v) is 15.9. The molecule has 0 atom stereocenters. The fourth-order valence-electron chi connectivity index (χ4n) is 4.02. The molecule has 2 aliphatic heterocycles. The Kier molecular flexibility index (Phi) is 4.45. The predicted molar refractivity (Wildman–Crippen MR) is 116 cm³/mol. The number of anilines is 2. The van der Waals surface area contributed by atoms with Gasteiger partial charge < -0.3 is 14.7 Å². The first-order valence-corrected chi connectivity index (χ1v) is 9.93. The highest BCUT2D eigenvalue weighted by atomic mass is 15.4. The summed E-state index contributed by atoms with van der Waals surface area (Å²) in [5.41, 5.74) is 4.87. The minimum absolute atomic E-state index is 0.859. The number of rotatable bonds is 2. The molecule has 0 radical (unpaired) electrons. The van der Waals surface area contributed by atoms with Gasteiger partial charge in [0.2, 0.25) is 5.96 Å². The van der Waals surface area contributed by atoms with Gasteiger partial charge in [0.15, 0.2) is 0 Å². The Hall–Kier alpha value is -3.27. The van der Waals surface area contributed by atoms with Gasteiger partial charge in [-0.3, -0.25) is 0 Å². The molecule has 5 rings (SSSR count). The molecule has 4 nitrogen and oxygen atoms in total. The molecular weight excluding hydrogens is 344 g/mol. The zero-order chi connectivity index (χ0) is 18.8. The first-order valence-electron chi connectivity index (χ1n) is 9.93. The first-order chi connectivity index (χ1) is 13.9. The van der Waals surface area contributed by atoms with Gasteiger partial charge in [0.05, 0.1) is 12.2 Å². The summed E-state index contributed by atoms with van der Waals surface area (Å²) in [5, 5.41) is 0. The fraction of sp³-hybridized carbons (Fsp3) is 0.208. The van der Waals surface area contributed by atoms with Crippen molar-refractivity contribution < 1.29 is 0 Å². The van der Waals surface area contributed by atoms with E-state index >= 15 is 0 Å². The molecule has 3 aromatic rings. The van der Waals surface area contributed by atoms with E-state index in [1.165, 1.54) is 16.9 Å². The van der Waals surface area contributed by atoms with E-state index in [4.69, 9.17) is 4.99 Å². The molecule has 0 aliphatic carbocycles. The summed E-state index contributed by atoms with van der Waals surface area (Å²) >= 11 is 0. The first kappa shape index (κ1) is 16.9. The van der Waals surface area contributed by atoms with Crippen molar-refractivity contribution in [2.24, 2.45) is 4.99 Å². The number of fused-ring (bicyclic) bond motifs is 1. The summed E-state index contributed by atoms with van der Waals surface area (Å²) < 4.78 is 0. The van der Waals surface area contributed by atoms with Crippen LogP contribution in [0.25, 0.3) is 0 Å². The minimum Gasteiger partial charge on any atom is -0.368 e. The number of guanidine groups is 1. The van der Waals surface area contributed by atoms with Crippen LogP contribution in [-0.2, 0) is 6.54 Å². The molecule has 0 amide bonds. The van der Waals surface area contributed by atoms with Crippen LogP contribution in [0.2, 0.25) is 0 Å². The summed E-state index contributed by atoms with van der Waals surface area (Å²) in [4.78, 5) is 12.3. The Bertz CT molecular complexity index is 960. The molecular formula is C24H24N4. The fourth-order valence-corrected chi connectivity index (χ4v) is 4.02. The smallest absolute Gasteiger partial charge is 0.206 e. The standard InChI is InChI=1S/C24H24N4/c1-3-10-21(11-4-1)26-15-17-27(18-16-26)24-25-23-14-8-7-9-20(23)19-28(24)22-12-5-2-6-13-22/h1-14H,15-19H2. The molecule has 4 heteroatoms. The molecule has 0 N–H and O–H groups in total. The monoisotopic (exact) mass is 368 g/mol. The molecule has 1 fully saturated rings. The van der Waals surface area contributed by atoms with Crippen LogP contribution >= 0.6 is 0 Å².